The number of carbonyl (C=O) groups is 1. The van der Waals surface area contributed by atoms with Gasteiger partial charge in [-0.1, -0.05) is 0 Å². The molecule has 170 valence electrons. The Hall–Kier alpha value is -4.00. The number of ether oxygens (including phenoxy) is 1. The van der Waals surface area contributed by atoms with E-state index in [1.807, 2.05) is 0 Å². The van der Waals surface area contributed by atoms with E-state index < -0.39 is 24.0 Å². The summed E-state index contributed by atoms with van der Waals surface area (Å²) in [5.74, 6) is -0.445. The highest BCUT2D eigenvalue weighted by molar-refractivity contribution is 5.95. The lowest BCUT2D eigenvalue weighted by molar-refractivity contribution is -0.0499. The maximum Gasteiger partial charge on any atom is 0.387 e. The van der Waals surface area contributed by atoms with Gasteiger partial charge >= 0.3 is 6.61 Å². The Bertz CT molecular complexity index is 1140. The predicted molar refractivity (Wildman–Crippen MR) is 119 cm³/mol. The molecule has 3 rings (SSSR count). The van der Waals surface area contributed by atoms with Crippen LogP contribution in [0.2, 0.25) is 0 Å². The molecule has 0 aliphatic heterocycles. The van der Waals surface area contributed by atoms with E-state index in [4.69, 9.17) is 0 Å². The van der Waals surface area contributed by atoms with Crippen LogP contribution in [0.15, 0.2) is 52.3 Å². The number of aromatic nitrogens is 2. The molecule has 1 N–H and O–H groups in total. The van der Waals surface area contributed by atoms with Gasteiger partial charge < -0.3 is 10.1 Å². The highest BCUT2D eigenvalue weighted by Gasteiger charge is 2.45. The molecular formula is C23H22F2N6O2. The first-order valence-electron chi connectivity index (χ1n) is 10.1. The zero-order chi connectivity index (χ0) is 24.0. The van der Waals surface area contributed by atoms with E-state index in [-0.39, 0.29) is 11.3 Å². The smallest absolute Gasteiger partial charge is 0.387 e. The largest absolute Gasteiger partial charge is 0.435 e. The van der Waals surface area contributed by atoms with Crippen LogP contribution in [0.3, 0.4) is 0 Å². The summed E-state index contributed by atoms with van der Waals surface area (Å²) in [6.45, 7) is 3.90. The number of alkyl halides is 2. The molecule has 1 saturated carbocycles. The molecular weight excluding hydrogens is 430 g/mol. The Morgan fingerprint density at radius 2 is 2.03 bits per heavy atom. The maximum atomic E-state index is 13.0. The van der Waals surface area contributed by atoms with Gasteiger partial charge in [-0.2, -0.15) is 14.0 Å². The SMILES string of the molecule is C=N/C(=C(\N=CC)c1ncccn1)C(C)NC(=O)c1cc(OC(F)F)cc(C2(C#N)CC2)c1. The van der Waals surface area contributed by atoms with Gasteiger partial charge in [-0.3, -0.25) is 14.8 Å². The number of hydrogen-bond acceptors (Lipinski definition) is 7. The average Bonchev–Trinajstić information content (AvgIpc) is 3.60. The number of halogens is 2. The first-order chi connectivity index (χ1) is 15.8. The number of hydrogen-bond donors (Lipinski definition) is 1. The van der Waals surface area contributed by atoms with E-state index in [1.165, 1.54) is 18.2 Å². The van der Waals surface area contributed by atoms with Gasteiger partial charge in [0.25, 0.3) is 5.91 Å². The molecule has 1 aliphatic carbocycles. The molecule has 2 aromatic rings. The lowest BCUT2D eigenvalue weighted by atomic mass is 9.95. The first-order valence-corrected chi connectivity index (χ1v) is 10.1. The number of nitrogens with zero attached hydrogens (tertiary/aromatic N) is 5. The number of nitriles is 1. The molecule has 8 nitrogen and oxygen atoms in total. The third-order valence-electron chi connectivity index (χ3n) is 5.12. The molecule has 1 heterocycles. The Balaban J connectivity index is 1.94. The molecule has 1 unspecified atom stereocenters. The second-order valence-corrected chi connectivity index (χ2v) is 7.37. The van der Waals surface area contributed by atoms with Gasteiger partial charge in [0.05, 0.1) is 23.2 Å². The third kappa shape index (κ3) is 5.44. The van der Waals surface area contributed by atoms with Crippen LogP contribution in [0.25, 0.3) is 5.70 Å². The highest BCUT2D eigenvalue weighted by atomic mass is 19.3. The average molecular weight is 452 g/mol. The third-order valence-corrected chi connectivity index (χ3v) is 5.12. The summed E-state index contributed by atoms with van der Waals surface area (Å²) in [5.41, 5.74) is 0.411. The number of aliphatic imine (C=N–C) groups is 2. The summed E-state index contributed by atoms with van der Waals surface area (Å²) in [4.78, 5) is 29.7. The lowest BCUT2D eigenvalue weighted by Crippen LogP contribution is -2.34. The molecule has 0 saturated heterocycles. The van der Waals surface area contributed by atoms with Crippen molar-refractivity contribution >= 4 is 24.5 Å². The van der Waals surface area contributed by atoms with Gasteiger partial charge in [-0.05, 0) is 63.2 Å². The van der Waals surface area contributed by atoms with E-state index in [0.717, 1.165) is 0 Å². The fraction of sp³-hybridized carbons (Fsp3) is 0.304. The molecule has 33 heavy (non-hydrogen) atoms. The normalized spacial score (nSPS) is 16.0. The van der Waals surface area contributed by atoms with E-state index in [2.05, 4.69) is 42.8 Å². The van der Waals surface area contributed by atoms with Crippen LogP contribution in [0.5, 0.6) is 5.75 Å². The zero-order valence-electron chi connectivity index (χ0n) is 18.1. The summed E-state index contributed by atoms with van der Waals surface area (Å²) in [6.07, 6.45) is 5.82. The van der Waals surface area contributed by atoms with Crippen molar-refractivity contribution in [1.29, 1.82) is 5.26 Å². The summed E-state index contributed by atoms with van der Waals surface area (Å²) in [6, 6.07) is 7.28. The molecule has 1 atom stereocenters. The Labute approximate surface area is 189 Å². The Morgan fingerprint density at radius 3 is 2.58 bits per heavy atom. The van der Waals surface area contributed by atoms with Gasteiger partial charge in [0.15, 0.2) is 5.82 Å². The lowest BCUT2D eigenvalue weighted by Gasteiger charge is -2.18. The molecule has 1 aromatic heterocycles. The zero-order valence-corrected chi connectivity index (χ0v) is 18.1. The fourth-order valence-electron chi connectivity index (χ4n) is 3.32. The number of rotatable bonds is 9. The van der Waals surface area contributed by atoms with Crippen LogP contribution in [-0.2, 0) is 5.41 Å². The minimum atomic E-state index is -3.06. The highest BCUT2D eigenvalue weighted by Crippen LogP contribution is 2.48. The predicted octanol–water partition coefficient (Wildman–Crippen LogP) is 3.91. The van der Waals surface area contributed by atoms with E-state index in [1.54, 1.807) is 38.5 Å². The molecule has 1 fully saturated rings. The number of amides is 1. The van der Waals surface area contributed by atoms with Crippen LogP contribution in [0.1, 0.15) is 48.4 Å². The van der Waals surface area contributed by atoms with Gasteiger partial charge in [0.2, 0.25) is 0 Å². The van der Waals surface area contributed by atoms with E-state index >= 15 is 0 Å². The monoisotopic (exact) mass is 452 g/mol. The van der Waals surface area contributed by atoms with Crippen molar-refractivity contribution in [3.63, 3.8) is 0 Å². The summed E-state index contributed by atoms with van der Waals surface area (Å²) in [7, 11) is 0. The second-order valence-electron chi connectivity index (χ2n) is 7.37. The van der Waals surface area contributed by atoms with Crippen LogP contribution in [-0.4, -0.2) is 41.5 Å². The molecule has 10 heteroatoms. The summed E-state index contributed by atoms with van der Waals surface area (Å²) < 4.78 is 30.2. The van der Waals surface area contributed by atoms with Crippen molar-refractivity contribution in [3.8, 4) is 11.8 Å². The molecule has 1 aromatic carbocycles. The van der Waals surface area contributed by atoms with E-state index in [9.17, 15) is 18.8 Å². The van der Waals surface area contributed by atoms with Crippen LogP contribution in [0, 0.1) is 11.3 Å². The van der Waals surface area contributed by atoms with Gasteiger partial charge in [0, 0.05) is 24.2 Å². The van der Waals surface area contributed by atoms with Crippen LogP contribution in [0.4, 0.5) is 8.78 Å². The quantitative estimate of drug-likeness (QED) is 0.580. The van der Waals surface area contributed by atoms with Crippen molar-refractivity contribution in [1.82, 2.24) is 15.3 Å². The van der Waals surface area contributed by atoms with Gasteiger partial charge in [0.1, 0.15) is 11.4 Å². The summed E-state index contributed by atoms with van der Waals surface area (Å²) in [5, 5.41) is 12.3. The van der Waals surface area contributed by atoms with Crippen molar-refractivity contribution < 1.29 is 18.3 Å². The second kappa shape index (κ2) is 10.1. The Morgan fingerprint density at radius 1 is 1.33 bits per heavy atom. The maximum absolute atomic E-state index is 13.0. The number of nitrogens with one attached hydrogen (secondary N) is 1. The van der Waals surface area contributed by atoms with Crippen LogP contribution < -0.4 is 10.1 Å². The molecule has 0 spiro atoms. The van der Waals surface area contributed by atoms with Crippen LogP contribution >= 0.6 is 0 Å². The van der Waals surface area contributed by atoms with Crippen molar-refractivity contribution in [2.45, 2.75) is 44.8 Å². The van der Waals surface area contributed by atoms with Crippen molar-refractivity contribution in [2.24, 2.45) is 9.98 Å². The molecule has 0 radical (unpaired) electrons. The van der Waals surface area contributed by atoms with Gasteiger partial charge in [-0.15, -0.1) is 0 Å². The number of benzene rings is 1. The molecule has 1 aliphatic rings. The van der Waals surface area contributed by atoms with Crippen molar-refractivity contribution in [2.75, 3.05) is 0 Å². The fourth-order valence-corrected chi connectivity index (χ4v) is 3.32. The summed E-state index contributed by atoms with van der Waals surface area (Å²) >= 11 is 0. The minimum Gasteiger partial charge on any atom is -0.435 e. The van der Waals surface area contributed by atoms with Crippen molar-refractivity contribution in [3.05, 3.63) is 59.3 Å². The topological polar surface area (TPSA) is 113 Å². The van der Waals surface area contributed by atoms with E-state index in [0.29, 0.717) is 35.6 Å². The molecule has 1 amide bonds. The number of carbonyl (C=O) groups excluding carboxylic acids is 1. The minimum absolute atomic E-state index is 0.0800. The Kier molecular flexibility index (Phi) is 7.23. The first kappa shape index (κ1) is 23.7. The standard InChI is InChI=1S/C23H22F2N6O2/c1-4-28-19(20-29-8-5-9-30-20)18(27-3)14(2)31-21(32)15-10-16(23(13-26)6-7-23)12-17(11-15)33-22(24)25/h4-5,8-12,14,22H,3,6-7H2,1-2H3,(H,31,32)/b19-18-,28-4?. The van der Waals surface area contributed by atoms with Gasteiger partial charge in [-0.25, -0.2) is 9.97 Å². The molecule has 0 bridgehead atoms.